The minimum absolute atomic E-state index is 0.328. The highest BCUT2D eigenvalue weighted by molar-refractivity contribution is 7.10. The normalized spacial score (nSPS) is 17.7. The first-order chi connectivity index (χ1) is 11.3. The quantitative estimate of drug-likeness (QED) is 0.901. The van der Waals surface area contributed by atoms with E-state index in [0.29, 0.717) is 12.6 Å². The van der Waals surface area contributed by atoms with Crippen LogP contribution in [-0.2, 0) is 0 Å². The maximum absolute atomic E-state index is 5.72. The molecular formula is C19H26N2OS. The van der Waals surface area contributed by atoms with Gasteiger partial charge in [0.2, 0.25) is 0 Å². The molecule has 4 heteroatoms. The van der Waals surface area contributed by atoms with Crippen molar-refractivity contribution >= 4 is 11.3 Å². The zero-order valence-corrected chi connectivity index (χ0v) is 14.9. The molecule has 2 heterocycles. The molecule has 0 spiro atoms. The third-order valence-corrected chi connectivity index (χ3v) is 5.35. The molecule has 23 heavy (non-hydrogen) atoms. The number of thiophene rings is 1. The van der Waals surface area contributed by atoms with Crippen molar-refractivity contribution in [3.8, 4) is 5.75 Å². The van der Waals surface area contributed by atoms with Crippen LogP contribution in [0, 0.1) is 6.92 Å². The van der Waals surface area contributed by atoms with Gasteiger partial charge in [0.05, 0.1) is 12.6 Å². The zero-order valence-electron chi connectivity index (χ0n) is 14.0. The number of rotatable bonds is 5. The summed E-state index contributed by atoms with van der Waals surface area (Å²) in [6, 6.07) is 11.3. The van der Waals surface area contributed by atoms with Gasteiger partial charge in [-0.25, -0.2) is 0 Å². The molecule has 1 aliphatic rings. The largest absolute Gasteiger partial charge is 0.494 e. The van der Waals surface area contributed by atoms with Crippen LogP contribution < -0.4 is 10.1 Å². The van der Waals surface area contributed by atoms with Crippen molar-refractivity contribution in [3.63, 3.8) is 0 Å². The molecule has 3 rings (SSSR count). The van der Waals surface area contributed by atoms with Gasteiger partial charge in [-0.15, -0.1) is 11.3 Å². The fourth-order valence-electron chi connectivity index (χ4n) is 3.22. The monoisotopic (exact) mass is 330 g/mol. The number of nitrogens with zero attached hydrogens (tertiary/aromatic N) is 1. The molecule has 0 radical (unpaired) electrons. The Hall–Kier alpha value is -1.36. The Kier molecular flexibility index (Phi) is 5.70. The molecule has 1 atom stereocenters. The van der Waals surface area contributed by atoms with Crippen molar-refractivity contribution in [1.82, 2.24) is 10.2 Å². The Balaban J connectivity index is 1.95. The van der Waals surface area contributed by atoms with E-state index in [0.717, 1.165) is 31.9 Å². The third kappa shape index (κ3) is 4.14. The van der Waals surface area contributed by atoms with Crippen LogP contribution in [0.4, 0.5) is 0 Å². The first kappa shape index (κ1) is 16.5. The molecule has 2 aromatic rings. The Morgan fingerprint density at radius 1 is 1.26 bits per heavy atom. The summed E-state index contributed by atoms with van der Waals surface area (Å²) >= 11 is 1.87. The fourth-order valence-corrected chi connectivity index (χ4v) is 4.28. The van der Waals surface area contributed by atoms with Crippen molar-refractivity contribution in [2.45, 2.75) is 26.3 Å². The number of aryl methyl sites for hydroxylation is 1. The minimum atomic E-state index is 0.328. The van der Waals surface area contributed by atoms with E-state index in [1.54, 1.807) is 0 Å². The van der Waals surface area contributed by atoms with Gasteiger partial charge in [0.25, 0.3) is 0 Å². The topological polar surface area (TPSA) is 24.5 Å². The molecule has 0 aliphatic carbocycles. The lowest BCUT2D eigenvalue weighted by atomic mass is 10.0. The van der Waals surface area contributed by atoms with E-state index in [9.17, 15) is 0 Å². The summed E-state index contributed by atoms with van der Waals surface area (Å²) in [5.74, 6) is 0.969. The van der Waals surface area contributed by atoms with Crippen LogP contribution in [-0.4, -0.2) is 37.7 Å². The van der Waals surface area contributed by atoms with Gasteiger partial charge >= 0.3 is 0 Å². The molecule has 0 bridgehead atoms. The van der Waals surface area contributed by atoms with E-state index < -0.39 is 0 Å². The summed E-state index contributed by atoms with van der Waals surface area (Å²) in [5, 5.41) is 5.76. The molecule has 1 unspecified atom stereocenters. The summed E-state index contributed by atoms with van der Waals surface area (Å²) in [6.45, 7) is 9.32. The average Bonchev–Trinajstić information content (AvgIpc) is 2.81. The average molecular weight is 330 g/mol. The van der Waals surface area contributed by atoms with Gasteiger partial charge in [-0.1, -0.05) is 12.1 Å². The molecule has 1 aliphatic heterocycles. The molecule has 1 N–H and O–H groups in total. The summed E-state index contributed by atoms with van der Waals surface area (Å²) in [6.07, 6.45) is 1.20. The molecule has 124 valence electrons. The van der Waals surface area contributed by atoms with E-state index in [1.165, 1.54) is 22.4 Å². The second-order valence-corrected chi connectivity index (χ2v) is 7.02. The van der Waals surface area contributed by atoms with Gasteiger partial charge in [0.15, 0.2) is 0 Å². The Morgan fingerprint density at radius 3 is 2.96 bits per heavy atom. The highest BCUT2D eigenvalue weighted by Crippen LogP contribution is 2.34. The molecule has 1 fully saturated rings. The fraction of sp³-hybridized carbons (Fsp3) is 0.474. The molecule has 3 nitrogen and oxygen atoms in total. The predicted octanol–water partition coefficient (Wildman–Crippen LogP) is 3.84. The summed E-state index contributed by atoms with van der Waals surface area (Å²) < 4.78 is 5.72. The van der Waals surface area contributed by atoms with Crippen LogP contribution in [0.15, 0.2) is 35.7 Å². The van der Waals surface area contributed by atoms with Crippen LogP contribution in [0.2, 0.25) is 0 Å². The van der Waals surface area contributed by atoms with Gasteiger partial charge in [0.1, 0.15) is 5.75 Å². The standard InChI is InChI=1S/C19H26N2OS/c1-3-22-17-7-4-6-16(13-17)19(18-12-15(2)14-23-18)21-10-5-8-20-9-11-21/h4,6-7,12-14,19-20H,3,5,8-11H2,1-2H3. The highest BCUT2D eigenvalue weighted by Gasteiger charge is 2.24. The van der Waals surface area contributed by atoms with Crippen molar-refractivity contribution in [2.24, 2.45) is 0 Å². The summed E-state index contributed by atoms with van der Waals surface area (Å²) in [7, 11) is 0. The number of hydrogen-bond donors (Lipinski definition) is 1. The van der Waals surface area contributed by atoms with Crippen LogP contribution in [0.1, 0.15) is 35.4 Å². The maximum Gasteiger partial charge on any atom is 0.119 e. The number of hydrogen-bond acceptors (Lipinski definition) is 4. The predicted molar refractivity (Wildman–Crippen MR) is 97.6 cm³/mol. The first-order valence-corrected chi connectivity index (χ1v) is 9.38. The van der Waals surface area contributed by atoms with Crippen molar-refractivity contribution in [1.29, 1.82) is 0 Å². The van der Waals surface area contributed by atoms with E-state index in [1.807, 2.05) is 24.3 Å². The van der Waals surface area contributed by atoms with Crippen LogP contribution in [0.3, 0.4) is 0 Å². The Bertz CT molecular complexity index is 617. The molecule has 0 saturated carbocycles. The molecule has 1 aromatic heterocycles. The van der Waals surface area contributed by atoms with Crippen molar-refractivity contribution < 1.29 is 4.74 Å². The zero-order chi connectivity index (χ0) is 16.1. The number of benzene rings is 1. The second kappa shape index (κ2) is 7.95. The van der Waals surface area contributed by atoms with E-state index in [4.69, 9.17) is 4.74 Å². The lowest BCUT2D eigenvalue weighted by molar-refractivity contribution is 0.243. The van der Waals surface area contributed by atoms with Gasteiger partial charge in [-0.05, 0) is 61.5 Å². The molecule has 1 saturated heterocycles. The highest BCUT2D eigenvalue weighted by atomic mass is 32.1. The van der Waals surface area contributed by atoms with Crippen LogP contribution in [0.5, 0.6) is 5.75 Å². The molecular weight excluding hydrogens is 304 g/mol. The number of ether oxygens (including phenoxy) is 1. The summed E-state index contributed by atoms with van der Waals surface area (Å²) in [5.41, 5.74) is 2.68. The van der Waals surface area contributed by atoms with Crippen LogP contribution >= 0.6 is 11.3 Å². The molecule has 1 aromatic carbocycles. The lowest BCUT2D eigenvalue weighted by Gasteiger charge is -2.30. The van der Waals surface area contributed by atoms with E-state index in [2.05, 4.69) is 46.8 Å². The maximum atomic E-state index is 5.72. The van der Waals surface area contributed by atoms with Gasteiger partial charge < -0.3 is 10.1 Å². The smallest absolute Gasteiger partial charge is 0.119 e. The number of nitrogens with one attached hydrogen (secondary N) is 1. The summed E-state index contributed by atoms with van der Waals surface area (Å²) in [4.78, 5) is 4.04. The molecule has 0 amide bonds. The van der Waals surface area contributed by atoms with Gasteiger partial charge in [-0.2, -0.15) is 0 Å². The second-order valence-electron chi connectivity index (χ2n) is 6.07. The lowest BCUT2D eigenvalue weighted by Crippen LogP contribution is -2.32. The van der Waals surface area contributed by atoms with Crippen molar-refractivity contribution in [2.75, 3.05) is 32.8 Å². The van der Waals surface area contributed by atoms with Crippen molar-refractivity contribution in [3.05, 3.63) is 51.7 Å². The van der Waals surface area contributed by atoms with E-state index >= 15 is 0 Å². The van der Waals surface area contributed by atoms with Gasteiger partial charge in [0, 0.05) is 24.5 Å². The minimum Gasteiger partial charge on any atom is -0.494 e. The first-order valence-electron chi connectivity index (χ1n) is 8.50. The van der Waals surface area contributed by atoms with Gasteiger partial charge in [-0.3, -0.25) is 4.90 Å². The Labute approximate surface area is 143 Å². The van der Waals surface area contributed by atoms with E-state index in [-0.39, 0.29) is 0 Å². The van der Waals surface area contributed by atoms with Crippen LogP contribution in [0.25, 0.3) is 0 Å². The third-order valence-electron chi connectivity index (χ3n) is 4.24. The Morgan fingerprint density at radius 2 is 2.17 bits per heavy atom. The SMILES string of the molecule is CCOc1cccc(C(c2cc(C)cs2)N2CCCNCC2)c1.